The van der Waals surface area contributed by atoms with Crippen LogP contribution in [-0.2, 0) is 0 Å². The van der Waals surface area contributed by atoms with Gasteiger partial charge in [0.15, 0.2) is 0 Å². The Morgan fingerprint density at radius 2 is 0.857 bits per heavy atom. The molecule has 3 heteroatoms. The van der Waals surface area contributed by atoms with Crippen LogP contribution in [-0.4, -0.2) is 6.71 Å². The van der Waals surface area contributed by atoms with Crippen LogP contribution in [0.25, 0.3) is 44.5 Å². The number of nitrogens with zero attached hydrogens (tertiary/aromatic N) is 2. The average Bonchev–Trinajstić information content (AvgIpc) is 3.16. The molecule has 0 radical (unpaired) electrons. The fourth-order valence-corrected chi connectivity index (χ4v) is 8.24. The number of anilines is 6. The zero-order valence-corrected chi connectivity index (χ0v) is 27.0. The summed E-state index contributed by atoms with van der Waals surface area (Å²) in [6.45, 7) is 8.25. The third-order valence-electron chi connectivity index (χ3n) is 10.5. The van der Waals surface area contributed by atoms with E-state index in [-0.39, 0.29) is 6.71 Å². The Balaban J connectivity index is 1.32. The molecule has 0 spiro atoms. The molecule has 0 saturated carbocycles. The maximum Gasteiger partial charge on any atom is 0.252 e. The van der Waals surface area contributed by atoms with Crippen LogP contribution in [0.1, 0.15) is 11.1 Å². The third kappa shape index (κ3) is 4.09. The van der Waals surface area contributed by atoms with Crippen LogP contribution in [0.2, 0.25) is 0 Å². The highest BCUT2D eigenvalue weighted by Crippen LogP contribution is 2.45. The third-order valence-corrected chi connectivity index (χ3v) is 10.5. The van der Waals surface area contributed by atoms with Crippen molar-refractivity contribution in [2.45, 2.75) is 0 Å². The van der Waals surface area contributed by atoms with Gasteiger partial charge in [-0.1, -0.05) is 128 Å². The van der Waals surface area contributed by atoms with Gasteiger partial charge in [0, 0.05) is 34.1 Å². The van der Waals surface area contributed by atoms with Gasteiger partial charge in [0.2, 0.25) is 0 Å². The molecule has 8 aromatic rings. The lowest BCUT2D eigenvalue weighted by atomic mass is 9.33. The van der Waals surface area contributed by atoms with Gasteiger partial charge in [0.05, 0.1) is 0 Å². The molecule has 0 fully saturated rings. The van der Waals surface area contributed by atoms with Crippen LogP contribution in [0.5, 0.6) is 0 Å². The second-order valence-corrected chi connectivity index (χ2v) is 13.1. The lowest BCUT2D eigenvalue weighted by molar-refractivity contribution is 1.26. The molecule has 0 unspecified atom stereocenters. The van der Waals surface area contributed by atoms with E-state index in [4.69, 9.17) is 0 Å². The van der Waals surface area contributed by atoms with Crippen LogP contribution in [0, 0.1) is 0 Å². The molecular formula is C46H31BN2. The normalized spacial score (nSPS) is 12.9. The summed E-state index contributed by atoms with van der Waals surface area (Å²) in [5.41, 5.74) is 13.2. The van der Waals surface area contributed by atoms with Gasteiger partial charge in [-0.05, 0) is 108 Å². The van der Waals surface area contributed by atoms with Gasteiger partial charge in [-0.25, -0.2) is 0 Å². The predicted octanol–water partition coefficient (Wildman–Crippen LogP) is 10.5. The van der Waals surface area contributed by atoms with Crippen molar-refractivity contribution < 1.29 is 0 Å². The Labute approximate surface area is 286 Å². The van der Waals surface area contributed by atoms with Crippen LogP contribution in [0.4, 0.5) is 34.1 Å². The summed E-state index contributed by atoms with van der Waals surface area (Å²) >= 11 is 0. The molecule has 0 aromatic heterocycles. The molecule has 8 aromatic carbocycles. The fraction of sp³-hybridized carbons (Fsp3) is 0. The highest BCUT2D eigenvalue weighted by molar-refractivity contribution is 7.00. The maximum absolute atomic E-state index is 4.15. The molecule has 0 aliphatic carbocycles. The second kappa shape index (κ2) is 10.6. The first-order chi connectivity index (χ1) is 24.2. The van der Waals surface area contributed by atoms with Crippen molar-refractivity contribution in [2.75, 3.05) is 9.80 Å². The van der Waals surface area contributed by atoms with Gasteiger partial charge in [0.1, 0.15) is 0 Å². The van der Waals surface area contributed by atoms with E-state index in [1.807, 2.05) is 12.2 Å². The Hall–Kier alpha value is -6.32. The quantitative estimate of drug-likeness (QED) is 0.180. The number of benzene rings is 8. The van der Waals surface area contributed by atoms with Crippen LogP contribution >= 0.6 is 0 Å². The first-order valence-corrected chi connectivity index (χ1v) is 16.9. The number of rotatable bonds is 4. The molecule has 49 heavy (non-hydrogen) atoms. The number of fused-ring (bicyclic) bond motifs is 7. The zero-order chi connectivity index (χ0) is 32.6. The summed E-state index contributed by atoms with van der Waals surface area (Å²) in [6, 6.07) is 56.0. The van der Waals surface area contributed by atoms with Crippen molar-refractivity contribution in [3.8, 4) is 0 Å². The van der Waals surface area contributed by atoms with Gasteiger partial charge in [-0.3, -0.25) is 0 Å². The van der Waals surface area contributed by atoms with Crippen molar-refractivity contribution in [3.63, 3.8) is 0 Å². The lowest BCUT2D eigenvalue weighted by Crippen LogP contribution is -2.61. The summed E-state index contributed by atoms with van der Waals surface area (Å²) in [6.07, 6.45) is 3.83. The van der Waals surface area contributed by atoms with E-state index in [0.29, 0.717) is 0 Å². The maximum atomic E-state index is 4.15. The topological polar surface area (TPSA) is 6.48 Å². The number of hydrogen-bond donors (Lipinski definition) is 0. The Morgan fingerprint density at radius 1 is 0.388 bits per heavy atom. The highest BCUT2D eigenvalue weighted by atomic mass is 15.2. The summed E-state index contributed by atoms with van der Waals surface area (Å²) in [5.74, 6) is 0. The first kappa shape index (κ1) is 27.8. The van der Waals surface area contributed by atoms with Crippen LogP contribution in [0.15, 0.2) is 165 Å². The first-order valence-electron chi connectivity index (χ1n) is 16.9. The molecule has 2 nitrogen and oxygen atoms in total. The van der Waals surface area contributed by atoms with Crippen molar-refractivity contribution >= 4 is 102 Å². The van der Waals surface area contributed by atoms with Gasteiger partial charge in [-0.15, -0.1) is 0 Å². The molecule has 0 atom stereocenters. The molecule has 10 rings (SSSR count). The molecule has 0 amide bonds. The summed E-state index contributed by atoms with van der Waals surface area (Å²) < 4.78 is 0. The van der Waals surface area contributed by atoms with Gasteiger partial charge in [0.25, 0.3) is 6.71 Å². The smallest absolute Gasteiger partial charge is 0.252 e. The Kier molecular flexibility index (Phi) is 6.01. The number of hydrogen-bond acceptors (Lipinski definition) is 2. The molecule has 0 bridgehead atoms. The van der Waals surface area contributed by atoms with Crippen molar-refractivity contribution in [3.05, 3.63) is 176 Å². The minimum Gasteiger partial charge on any atom is -0.311 e. The van der Waals surface area contributed by atoms with Gasteiger partial charge < -0.3 is 9.80 Å². The van der Waals surface area contributed by atoms with Crippen LogP contribution < -0.4 is 26.2 Å². The fourth-order valence-electron chi connectivity index (χ4n) is 8.24. The predicted molar refractivity (Wildman–Crippen MR) is 213 cm³/mol. The molecule has 228 valence electrons. The molecule has 2 heterocycles. The molecular weight excluding hydrogens is 591 g/mol. The van der Waals surface area contributed by atoms with E-state index in [1.165, 1.54) is 71.5 Å². The summed E-state index contributed by atoms with van der Waals surface area (Å²) in [7, 11) is 0. The minimum absolute atomic E-state index is 0.0460. The van der Waals surface area contributed by atoms with E-state index in [0.717, 1.165) is 22.5 Å². The molecule has 2 aliphatic rings. The Morgan fingerprint density at radius 3 is 1.41 bits per heavy atom. The minimum atomic E-state index is 0.0460. The monoisotopic (exact) mass is 622 g/mol. The second-order valence-electron chi connectivity index (χ2n) is 13.1. The Bertz CT molecular complexity index is 2690. The largest absolute Gasteiger partial charge is 0.311 e. The summed E-state index contributed by atoms with van der Waals surface area (Å²) in [4.78, 5) is 4.95. The van der Waals surface area contributed by atoms with E-state index in [2.05, 4.69) is 175 Å². The molecule has 2 aliphatic heterocycles. The van der Waals surface area contributed by atoms with E-state index in [9.17, 15) is 0 Å². The van der Waals surface area contributed by atoms with Gasteiger partial charge >= 0.3 is 0 Å². The summed E-state index contributed by atoms with van der Waals surface area (Å²) in [5, 5.41) is 7.43. The molecule has 0 saturated heterocycles. The standard InChI is InChI=1S/C46H31BN2/c1-3-30-20-22-38(24-31(30)4-2)48-42-18-11-19-43-46(42)47(40-26-34-14-7-9-16-36(34)28-44(40)48)41-27-35-15-8-10-17-37(35)29-45(41)49(43)39-23-21-32-12-5-6-13-33(32)25-39/h3-29H,1-2H2. The van der Waals surface area contributed by atoms with Crippen molar-refractivity contribution in [1.82, 2.24) is 0 Å². The SMILES string of the molecule is C=Cc1ccc(N2c3cc4ccccc4cc3B3c4cc5ccccc5cc4N(c4ccc5ccccc5c4)c4cccc2c43)cc1C=C. The average molecular weight is 623 g/mol. The van der Waals surface area contributed by atoms with Gasteiger partial charge in [-0.2, -0.15) is 0 Å². The van der Waals surface area contributed by atoms with Crippen molar-refractivity contribution in [2.24, 2.45) is 0 Å². The van der Waals surface area contributed by atoms with Crippen molar-refractivity contribution in [1.29, 1.82) is 0 Å². The zero-order valence-electron chi connectivity index (χ0n) is 27.0. The van der Waals surface area contributed by atoms with E-state index < -0.39 is 0 Å². The van der Waals surface area contributed by atoms with Crippen LogP contribution in [0.3, 0.4) is 0 Å². The van der Waals surface area contributed by atoms with E-state index >= 15 is 0 Å². The highest BCUT2D eigenvalue weighted by Gasteiger charge is 2.43. The lowest BCUT2D eigenvalue weighted by Gasteiger charge is -2.44. The molecule has 0 N–H and O–H groups in total. The van der Waals surface area contributed by atoms with E-state index in [1.54, 1.807) is 0 Å².